The van der Waals surface area contributed by atoms with Gasteiger partial charge in [0.25, 0.3) is 0 Å². The Morgan fingerprint density at radius 3 is 2.39 bits per heavy atom. The highest BCUT2D eigenvalue weighted by molar-refractivity contribution is 6.30. The maximum Gasteiger partial charge on any atom is 0.0406 e. The fourth-order valence-corrected chi connectivity index (χ4v) is 3.78. The van der Waals surface area contributed by atoms with Gasteiger partial charge in [0, 0.05) is 17.0 Å². The highest BCUT2D eigenvalue weighted by Crippen LogP contribution is 2.68. The Hall–Kier alpha value is -0.530. The number of halogens is 1. The molecule has 0 atom stereocenters. The second-order valence-electron chi connectivity index (χ2n) is 6.32. The minimum absolute atomic E-state index is 0.385. The molecule has 98 valence electrons. The van der Waals surface area contributed by atoms with Gasteiger partial charge in [-0.3, -0.25) is 0 Å². The van der Waals surface area contributed by atoms with Crippen molar-refractivity contribution in [1.82, 2.24) is 5.32 Å². The average Bonchev–Trinajstić information content (AvgIpc) is 3.09. The predicted molar refractivity (Wildman–Crippen MR) is 77.2 cm³/mol. The monoisotopic (exact) mass is 263 g/mol. The van der Waals surface area contributed by atoms with Gasteiger partial charge in [0.2, 0.25) is 0 Å². The highest BCUT2D eigenvalue weighted by Gasteiger charge is 2.60. The summed E-state index contributed by atoms with van der Waals surface area (Å²) in [6, 6.07) is 8.53. The van der Waals surface area contributed by atoms with E-state index < -0.39 is 0 Å². The van der Waals surface area contributed by atoms with Crippen LogP contribution < -0.4 is 5.32 Å². The second-order valence-corrected chi connectivity index (χ2v) is 6.75. The van der Waals surface area contributed by atoms with Crippen molar-refractivity contribution in [2.24, 2.45) is 5.41 Å². The molecule has 0 aliphatic heterocycles. The summed E-state index contributed by atoms with van der Waals surface area (Å²) >= 11 is 6.00. The summed E-state index contributed by atoms with van der Waals surface area (Å²) in [4.78, 5) is 0. The van der Waals surface area contributed by atoms with Crippen molar-refractivity contribution in [1.29, 1.82) is 0 Å². The minimum Gasteiger partial charge on any atom is -0.316 e. The Morgan fingerprint density at radius 1 is 1.17 bits per heavy atom. The van der Waals surface area contributed by atoms with Gasteiger partial charge in [-0.2, -0.15) is 0 Å². The lowest BCUT2D eigenvalue weighted by Gasteiger charge is -2.49. The molecule has 2 aliphatic carbocycles. The maximum atomic E-state index is 6.00. The zero-order valence-corrected chi connectivity index (χ0v) is 11.9. The molecule has 18 heavy (non-hydrogen) atoms. The molecule has 3 rings (SSSR count). The van der Waals surface area contributed by atoms with E-state index in [2.05, 4.69) is 24.4 Å². The molecule has 1 aromatic carbocycles. The molecule has 2 fully saturated rings. The fourth-order valence-electron chi connectivity index (χ4n) is 3.65. The lowest BCUT2D eigenvalue weighted by Crippen LogP contribution is -2.49. The van der Waals surface area contributed by atoms with E-state index in [1.165, 1.54) is 37.7 Å². The number of hydrogen-bond donors (Lipinski definition) is 1. The van der Waals surface area contributed by atoms with E-state index in [9.17, 15) is 0 Å². The first-order valence-corrected chi connectivity index (χ1v) is 7.53. The van der Waals surface area contributed by atoms with E-state index in [1.807, 2.05) is 12.1 Å². The first-order chi connectivity index (χ1) is 8.68. The molecule has 0 radical (unpaired) electrons. The van der Waals surface area contributed by atoms with E-state index in [4.69, 9.17) is 11.6 Å². The summed E-state index contributed by atoms with van der Waals surface area (Å²) in [5, 5.41) is 4.47. The fraction of sp³-hybridized carbons (Fsp3) is 0.625. The maximum absolute atomic E-state index is 6.00. The van der Waals surface area contributed by atoms with Crippen LogP contribution in [0.4, 0.5) is 0 Å². The van der Waals surface area contributed by atoms with Crippen molar-refractivity contribution in [3.63, 3.8) is 0 Å². The summed E-state index contributed by atoms with van der Waals surface area (Å²) < 4.78 is 0. The summed E-state index contributed by atoms with van der Waals surface area (Å²) in [5.74, 6) is 0. The van der Waals surface area contributed by atoms with Crippen LogP contribution in [0.5, 0.6) is 0 Å². The molecule has 1 nitrogen and oxygen atoms in total. The van der Waals surface area contributed by atoms with E-state index in [-0.39, 0.29) is 0 Å². The largest absolute Gasteiger partial charge is 0.316 e. The van der Waals surface area contributed by atoms with E-state index in [0.717, 1.165) is 23.5 Å². The molecule has 0 bridgehead atoms. The van der Waals surface area contributed by atoms with Gasteiger partial charge in [-0.15, -0.1) is 0 Å². The zero-order valence-electron chi connectivity index (χ0n) is 11.1. The van der Waals surface area contributed by atoms with Gasteiger partial charge < -0.3 is 5.32 Å². The molecule has 1 aromatic rings. The first-order valence-electron chi connectivity index (χ1n) is 7.15. The van der Waals surface area contributed by atoms with Gasteiger partial charge >= 0.3 is 0 Å². The number of rotatable bonds is 5. The van der Waals surface area contributed by atoms with E-state index in [1.54, 1.807) is 0 Å². The van der Waals surface area contributed by atoms with Crippen molar-refractivity contribution < 1.29 is 0 Å². The van der Waals surface area contributed by atoms with Gasteiger partial charge in [0.05, 0.1) is 0 Å². The van der Waals surface area contributed by atoms with Crippen molar-refractivity contribution in [3.05, 3.63) is 34.9 Å². The van der Waals surface area contributed by atoms with E-state index in [0.29, 0.717) is 5.41 Å². The Balaban J connectivity index is 1.75. The van der Waals surface area contributed by atoms with Crippen LogP contribution >= 0.6 is 11.6 Å². The molecule has 1 spiro atoms. The van der Waals surface area contributed by atoms with Crippen LogP contribution in [0.25, 0.3) is 0 Å². The third kappa shape index (κ3) is 2.19. The Kier molecular flexibility index (Phi) is 3.15. The van der Waals surface area contributed by atoms with Gasteiger partial charge in [0.1, 0.15) is 0 Å². The van der Waals surface area contributed by atoms with Crippen molar-refractivity contribution in [3.8, 4) is 0 Å². The quantitative estimate of drug-likeness (QED) is 0.787. The predicted octanol–water partition coefficient (Wildman–Crippen LogP) is 4.15. The topological polar surface area (TPSA) is 12.0 Å². The molecule has 1 N–H and O–H groups in total. The van der Waals surface area contributed by atoms with Crippen LogP contribution in [0.2, 0.25) is 5.02 Å². The van der Waals surface area contributed by atoms with Crippen LogP contribution in [0, 0.1) is 5.41 Å². The Morgan fingerprint density at radius 2 is 1.83 bits per heavy atom. The molecule has 0 amide bonds. The van der Waals surface area contributed by atoms with Gasteiger partial charge in [-0.05, 0) is 61.8 Å². The second kappa shape index (κ2) is 4.54. The Bertz CT molecular complexity index is 411. The lowest BCUT2D eigenvalue weighted by atomic mass is 9.56. The van der Waals surface area contributed by atoms with Crippen LogP contribution in [0.3, 0.4) is 0 Å². The molecule has 0 unspecified atom stereocenters. The normalized spacial score (nSPS) is 22.8. The molecular weight excluding hydrogens is 242 g/mol. The smallest absolute Gasteiger partial charge is 0.0406 e. The molecule has 2 aliphatic rings. The SMILES string of the molecule is CCCNCC1(c2ccc(Cl)cc2)CC2(CC2)C1. The molecule has 2 saturated carbocycles. The highest BCUT2D eigenvalue weighted by atomic mass is 35.5. The lowest BCUT2D eigenvalue weighted by molar-refractivity contribution is 0.116. The van der Waals surface area contributed by atoms with Crippen LogP contribution in [-0.4, -0.2) is 13.1 Å². The van der Waals surface area contributed by atoms with Crippen LogP contribution in [0.1, 0.15) is 44.6 Å². The van der Waals surface area contributed by atoms with Gasteiger partial charge in [0.15, 0.2) is 0 Å². The van der Waals surface area contributed by atoms with Gasteiger partial charge in [-0.1, -0.05) is 30.7 Å². The molecule has 2 heteroatoms. The molecule has 0 saturated heterocycles. The number of benzene rings is 1. The minimum atomic E-state index is 0.385. The summed E-state index contributed by atoms with van der Waals surface area (Å²) in [5.41, 5.74) is 2.59. The molecule has 0 heterocycles. The third-order valence-electron chi connectivity index (χ3n) is 4.73. The van der Waals surface area contributed by atoms with Crippen LogP contribution in [0.15, 0.2) is 24.3 Å². The summed E-state index contributed by atoms with van der Waals surface area (Å²) in [7, 11) is 0. The number of nitrogens with one attached hydrogen (secondary N) is 1. The van der Waals surface area contributed by atoms with E-state index >= 15 is 0 Å². The molecular formula is C16H22ClN. The average molecular weight is 264 g/mol. The number of hydrogen-bond acceptors (Lipinski definition) is 1. The summed E-state index contributed by atoms with van der Waals surface area (Å²) in [6.07, 6.45) is 6.87. The van der Waals surface area contributed by atoms with Crippen molar-refractivity contribution in [2.45, 2.75) is 44.4 Å². The van der Waals surface area contributed by atoms with Crippen molar-refractivity contribution in [2.75, 3.05) is 13.1 Å². The molecule has 0 aromatic heterocycles. The third-order valence-corrected chi connectivity index (χ3v) is 4.98. The van der Waals surface area contributed by atoms with Crippen LogP contribution in [-0.2, 0) is 5.41 Å². The summed E-state index contributed by atoms with van der Waals surface area (Å²) in [6.45, 7) is 4.48. The Labute approximate surface area is 115 Å². The first kappa shape index (κ1) is 12.5. The zero-order chi connectivity index (χ0) is 12.6. The van der Waals surface area contributed by atoms with Crippen molar-refractivity contribution >= 4 is 11.6 Å². The standard InChI is InChI=1S/C16H22ClN/c1-2-9-18-12-16(10-15(11-16)7-8-15)13-3-5-14(17)6-4-13/h3-6,18H,2,7-12H2,1H3. The van der Waals surface area contributed by atoms with Gasteiger partial charge in [-0.25, -0.2) is 0 Å².